The molecule has 0 bridgehead atoms. The van der Waals surface area contributed by atoms with Crippen molar-refractivity contribution in [1.29, 1.82) is 0 Å². The molecular formula is C14H14O7. The van der Waals surface area contributed by atoms with Gasteiger partial charge in [-0.3, -0.25) is 0 Å². The van der Waals surface area contributed by atoms with E-state index in [9.17, 15) is 0 Å². The molecule has 6 N–H and O–H groups in total. The van der Waals surface area contributed by atoms with Gasteiger partial charge in [0.25, 0.3) is 0 Å². The molecule has 0 amide bonds. The van der Waals surface area contributed by atoms with Gasteiger partial charge >= 0.3 is 11.9 Å². The van der Waals surface area contributed by atoms with E-state index in [1.54, 1.807) is 0 Å². The molecule has 0 aromatic heterocycles. The van der Waals surface area contributed by atoms with Crippen molar-refractivity contribution in [2.24, 2.45) is 0 Å². The zero-order valence-electron chi connectivity index (χ0n) is 10.7. The minimum Gasteiger partial charge on any atom is -0.457 e. The first-order valence-electron chi connectivity index (χ1n) is 5.89. The van der Waals surface area contributed by atoms with Crippen LogP contribution in [0.1, 0.15) is 11.1 Å². The molecule has 0 fully saturated rings. The predicted octanol–water partition coefficient (Wildman–Crippen LogP) is -0.347. The molecule has 2 rings (SSSR count). The molecule has 0 spiro atoms. The van der Waals surface area contributed by atoms with Crippen LogP contribution in [0.5, 0.6) is 11.5 Å². The van der Waals surface area contributed by atoms with E-state index in [2.05, 4.69) is 0 Å². The number of rotatable bonds is 4. The summed E-state index contributed by atoms with van der Waals surface area (Å²) in [7, 11) is 0. The first kappa shape index (κ1) is 15.4. The average molecular weight is 294 g/mol. The van der Waals surface area contributed by atoms with Gasteiger partial charge in [0.05, 0.1) is 0 Å². The highest BCUT2D eigenvalue weighted by Gasteiger charge is 2.22. The van der Waals surface area contributed by atoms with E-state index in [0.29, 0.717) is 11.5 Å². The van der Waals surface area contributed by atoms with Crippen LogP contribution in [0.15, 0.2) is 48.5 Å². The Kier molecular flexibility index (Phi) is 3.97. The van der Waals surface area contributed by atoms with Gasteiger partial charge < -0.3 is 35.4 Å². The highest BCUT2D eigenvalue weighted by atomic mass is 16.7. The van der Waals surface area contributed by atoms with Crippen LogP contribution >= 0.6 is 0 Å². The van der Waals surface area contributed by atoms with Crippen molar-refractivity contribution in [2.75, 3.05) is 0 Å². The van der Waals surface area contributed by atoms with Crippen molar-refractivity contribution in [3.63, 3.8) is 0 Å². The second kappa shape index (κ2) is 5.41. The normalized spacial score (nSPS) is 12.3. The largest absolute Gasteiger partial charge is 0.457 e. The predicted molar refractivity (Wildman–Crippen MR) is 69.6 cm³/mol. The summed E-state index contributed by atoms with van der Waals surface area (Å²) >= 11 is 0. The molecule has 0 atom stereocenters. The van der Waals surface area contributed by atoms with Crippen LogP contribution in [0.25, 0.3) is 0 Å². The molecule has 112 valence electrons. The molecule has 0 aliphatic heterocycles. The first-order valence-corrected chi connectivity index (χ1v) is 5.89. The fourth-order valence-corrected chi connectivity index (χ4v) is 1.63. The van der Waals surface area contributed by atoms with E-state index >= 15 is 0 Å². The molecule has 21 heavy (non-hydrogen) atoms. The Labute approximate surface area is 119 Å². The van der Waals surface area contributed by atoms with Crippen LogP contribution in [-0.2, 0) is 11.9 Å². The van der Waals surface area contributed by atoms with Crippen molar-refractivity contribution >= 4 is 0 Å². The molecule has 0 heterocycles. The molecule has 0 aliphatic carbocycles. The monoisotopic (exact) mass is 294 g/mol. The molecule has 2 aromatic carbocycles. The maximum atomic E-state index is 8.98. The van der Waals surface area contributed by atoms with E-state index in [1.165, 1.54) is 48.5 Å². The van der Waals surface area contributed by atoms with E-state index in [0.717, 1.165) is 0 Å². The van der Waals surface area contributed by atoms with Crippen LogP contribution in [0, 0.1) is 0 Å². The number of aliphatic hydroxyl groups is 6. The van der Waals surface area contributed by atoms with Crippen LogP contribution in [-0.4, -0.2) is 30.6 Å². The minimum absolute atomic E-state index is 0.115. The second-order valence-corrected chi connectivity index (χ2v) is 4.42. The summed E-state index contributed by atoms with van der Waals surface area (Å²) < 4.78 is 5.42. The SMILES string of the molecule is OC(O)(O)c1ccc(Oc2ccc(C(O)(O)O)cc2)cc1. The van der Waals surface area contributed by atoms with Gasteiger partial charge in [-0.05, 0) is 48.5 Å². The lowest BCUT2D eigenvalue weighted by atomic mass is 10.1. The lowest BCUT2D eigenvalue weighted by Gasteiger charge is -2.15. The van der Waals surface area contributed by atoms with Gasteiger partial charge in [-0.15, -0.1) is 0 Å². The Morgan fingerprint density at radius 3 is 1.05 bits per heavy atom. The lowest BCUT2D eigenvalue weighted by molar-refractivity contribution is -0.324. The van der Waals surface area contributed by atoms with Gasteiger partial charge in [-0.25, -0.2) is 0 Å². The summed E-state index contributed by atoms with van der Waals surface area (Å²) in [6, 6.07) is 10.7. The van der Waals surface area contributed by atoms with E-state index in [4.69, 9.17) is 35.4 Å². The third-order valence-electron chi connectivity index (χ3n) is 2.72. The van der Waals surface area contributed by atoms with Gasteiger partial charge in [-0.2, -0.15) is 0 Å². The van der Waals surface area contributed by atoms with Crippen molar-refractivity contribution < 1.29 is 35.4 Å². The molecule has 0 saturated carbocycles. The number of benzene rings is 2. The summed E-state index contributed by atoms with van der Waals surface area (Å²) in [5, 5.41) is 53.9. The summed E-state index contributed by atoms with van der Waals surface area (Å²) in [4.78, 5) is 0. The van der Waals surface area contributed by atoms with Crippen LogP contribution in [0.4, 0.5) is 0 Å². The smallest absolute Gasteiger partial charge is 0.304 e. The summed E-state index contributed by atoms with van der Waals surface area (Å²) in [6.45, 7) is 0. The van der Waals surface area contributed by atoms with Gasteiger partial charge in [-0.1, -0.05) is 0 Å². The summed E-state index contributed by atoms with van der Waals surface area (Å²) in [5.74, 6) is -5.10. The van der Waals surface area contributed by atoms with Crippen molar-refractivity contribution in [1.82, 2.24) is 0 Å². The molecule has 0 unspecified atom stereocenters. The molecule has 0 aliphatic rings. The lowest BCUT2D eigenvalue weighted by Crippen LogP contribution is -2.23. The minimum atomic E-state index is -2.91. The summed E-state index contributed by atoms with van der Waals surface area (Å²) in [5.41, 5.74) is -0.230. The average Bonchev–Trinajstić information content (AvgIpc) is 2.38. The van der Waals surface area contributed by atoms with Gasteiger partial charge in [0, 0.05) is 11.1 Å². The molecule has 2 aromatic rings. The molecule has 0 radical (unpaired) electrons. The molecule has 7 nitrogen and oxygen atoms in total. The van der Waals surface area contributed by atoms with Crippen molar-refractivity contribution in [3.8, 4) is 11.5 Å². The highest BCUT2D eigenvalue weighted by Crippen LogP contribution is 2.25. The molecule has 7 heteroatoms. The number of hydrogen-bond acceptors (Lipinski definition) is 7. The Bertz CT molecular complexity index is 536. The van der Waals surface area contributed by atoms with E-state index in [1.807, 2.05) is 0 Å². The fourth-order valence-electron chi connectivity index (χ4n) is 1.63. The molecular weight excluding hydrogens is 280 g/mol. The topological polar surface area (TPSA) is 131 Å². The quantitative estimate of drug-likeness (QED) is 0.425. The van der Waals surface area contributed by atoms with E-state index < -0.39 is 11.9 Å². The van der Waals surface area contributed by atoms with Crippen molar-refractivity contribution in [2.45, 2.75) is 11.9 Å². The highest BCUT2D eigenvalue weighted by molar-refractivity contribution is 5.35. The fraction of sp³-hybridized carbons (Fsp3) is 0.143. The maximum Gasteiger partial charge on any atom is 0.304 e. The van der Waals surface area contributed by atoms with Crippen LogP contribution < -0.4 is 4.74 Å². The van der Waals surface area contributed by atoms with Gasteiger partial charge in [0.2, 0.25) is 0 Å². The van der Waals surface area contributed by atoms with Gasteiger partial charge in [0.1, 0.15) is 11.5 Å². The molecule has 0 saturated heterocycles. The third-order valence-corrected chi connectivity index (χ3v) is 2.72. The summed E-state index contributed by atoms with van der Waals surface area (Å²) in [6.07, 6.45) is 0. The zero-order chi connectivity index (χ0) is 15.7. The third kappa shape index (κ3) is 3.99. The Balaban J connectivity index is 2.12. The number of hydrogen-bond donors (Lipinski definition) is 6. The Morgan fingerprint density at radius 1 is 0.524 bits per heavy atom. The Hall–Kier alpha value is -2.00. The second-order valence-electron chi connectivity index (χ2n) is 4.42. The van der Waals surface area contributed by atoms with Crippen molar-refractivity contribution in [3.05, 3.63) is 59.7 Å². The zero-order valence-corrected chi connectivity index (χ0v) is 10.7. The standard InChI is InChI=1S/C14H14O7/c15-13(16,17)9-1-5-11(6-2-9)21-12-7-3-10(4-8-12)14(18,19)20/h1-8,15-20H. The van der Waals surface area contributed by atoms with Gasteiger partial charge in [0.15, 0.2) is 0 Å². The van der Waals surface area contributed by atoms with Crippen LogP contribution in [0.2, 0.25) is 0 Å². The van der Waals surface area contributed by atoms with Crippen LogP contribution in [0.3, 0.4) is 0 Å². The first-order chi connectivity index (χ1) is 9.66. The number of ether oxygens (including phenoxy) is 1. The Morgan fingerprint density at radius 2 is 0.810 bits per heavy atom. The maximum absolute atomic E-state index is 8.98. The van der Waals surface area contributed by atoms with E-state index in [-0.39, 0.29) is 11.1 Å².